The summed E-state index contributed by atoms with van der Waals surface area (Å²) in [6, 6.07) is 8.50. The first-order chi connectivity index (χ1) is 9.74. The van der Waals surface area contributed by atoms with Gasteiger partial charge in [-0.05, 0) is 50.2 Å². The molecule has 20 heavy (non-hydrogen) atoms. The van der Waals surface area contributed by atoms with Crippen LogP contribution in [0.4, 0.5) is 5.69 Å². The Morgan fingerprint density at radius 2 is 1.95 bits per heavy atom. The SMILES string of the molecule is Cc1ccccc1NC(=O)C1CCC2CCCCC2N1. The maximum Gasteiger partial charge on any atom is 0.241 e. The van der Waals surface area contributed by atoms with Crippen LogP contribution < -0.4 is 10.6 Å². The van der Waals surface area contributed by atoms with E-state index in [1.165, 1.54) is 32.1 Å². The third-order valence-electron chi connectivity index (χ3n) is 4.87. The highest BCUT2D eigenvalue weighted by Gasteiger charge is 2.34. The number of carbonyl (C=O) groups is 1. The zero-order valence-corrected chi connectivity index (χ0v) is 12.2. The van der Waals surface area contributed by atoms with Gasteiger partial charge in [0.1, 0.15) is 0 Å². The highest BCUT2D eigenvalue weighted by molar-refractivity contribution is 5.95. The molecule has 0 radical (unpaired) electrons. The Balaban J connectivity index is 1.62. The number of aryl methyl sites for hydroxylation is 1. The molecule has 0 spiro atoms. The van der Waals surface area contributed by atoms with Crippen molar-refractivity contribution in [2.45, 2.75) is 57.5 Å². The quantitative estimate of drug-likeness (QED) is 0.867. The number of nitrogens with one attached hydrogen (secondary N) is 2. The summed E-state index contributed by atoms with van der Waals surface area (Å²) in [4.78, 5) is 12.4. The third-order valence-corrected chi connectivity index (χ3v) is 4.87. The Hall–Kier alpha value is -1.35. The molecule has 1 aliphatic carbocycles. The van der Waals surface area contributed by atoms with Crippen LogP contribution in [0.25, 0.3) is 0 Å². The van der Waals surface area contributed by atoms with Gasteiger partial charge < -0.3 is 10.6 Å². The van der Waals surface area contributed by atoms with Crippen molar-refractivity contribution in [3.63, 3.8) is 0 Å². The molecule has 3 unspecified atom stereocenters. The fourth-order valence-corrected chi connectivity index (χ4v) is 3.63. The first-order valence-corrected chi connectivity index (χ1v) is 7.86. The molecule has 2 fully saturated rings. The van der Waals surface area contributed by atoms with Gasteiger partial charge in [-0.2, -0.15) is 0 Å². The molecule has 1 aromatic carbocycles. The monoisotopic (exact) mass is 272 g/mol. The van der Waals surface area contributed by atoms with E-state index in [0.717, 1.165) is 23.6 Å². The van der Waals surface area contributed by atoms with Gasteiger partial charge in [-0.25, -0.2) is 0 Å². The maximum absolute atomic E-state index is 12.4. The summed E-state index contributed by atoms with van der Waals surface area (Å²) in [5, 5.41) is 6.66. The van der Waals surface area contributed by atoms with Crippen LogP contribution in [0.2, 0.25) is 0 Å². The molecule has 1 aromatic rings. The van der Waals surface area contributed by atoms with E-state index in [1.807, 2.05) is 31.2 Å². The minimum Gasteiger partial charge on any atom is -0.324 e. The van der Waals surface area contributed by atoms with Crippen molar-refractivity contribution in [3.05, 3.63) is 29.8 Å². The molecule has 1 saturated heterocycles. The molecule has 3 atom stereocenters. The Labute approximate surface area is 121 Å². The lowest BCUT2D eigenvalue weighted by Crippen LogP contribution is -2.53. The molecule has 2 aliphatic rings. The Bertz CT molecular complexity index is 486. The van der Waals surface area contributed by atoms with Gasteiger partial charge in [0, 0.05) is 11.7 Å². The molecule has 1 heterocycles. The van der Waals surface area contributed by atoms with Gasteiger partial charge in [0.25, 0.3) is 0 Å². The number of amides is 1. The summed E-state index contributed by atoms with van der Waals surface area (Å²) >= 11 is 0. The van der Waals surface area contributed by atoms with Gasteiger partial charge in [0.2, 0.25) is 5.91 Å². The zero-order chi connectivity index (χ0) is 13.9. The number of piperidine rings is 1. The van der Waals surface area contributed by atoms with Gasteiger partial charge in [0.15, 0.2) is 0 Å². The highest BCUT2D eigenvalue weighted by atomic mass is 16.2. The first-order valence-electron chi connectivity index (χ1n) is 7.86. The van der Waals surface area contributed by atoms with Gasteiger partial charge in [-0.3, -0.25) is 4.79 Å². The fourth-order valence-electron chi connectivity index (χ4n) is 3.63. The average molecular weight is 272 g/mol. The molecule has 3 rings (SSSR count). The molecule has 1 amide bonds. The van der Waals surface area contributed by atoms with E-state index in [1.54, 1.807) is 0 Å². The van der Waals surface area contributed by atoms with Crippen molar-refractivity contribution in [1.82, 2.24) is 5.32 Å². The summed E-state index contributed by atoms with van der Waals surface area (Å²) in [6.45, 7) is 2.03. The van der Waals surface area contributed by atoms with Crippen LogP contribution in [0.15, 0.2) is 24.3 Å². The molecule has 0 bridgehead atoms. The highest BCUT2D eigenvalue weighted by Crippen LogP contribution is 2.32. The lowest BCUT2D eigenvalue weighted by molar-refractivity contribution is -0.119. The predicted molar refractivity (Wildman–Crippen MR) is 81.7 cm³/mol. The Kier molecular flexibility index (Phi) is 4.06. The van der Waals surface area contributed by atoms with Crippen molar-refractivity contribution in [2.24, 2.45) is 5.92 Å². The van der Waals surface area contributed by atoms with Crippen LogP contribution in [0.1, 0.15) is 44.1 Å². The smallest absolute Gasteiger partial charge is 0.241 e. The van der Waals surface area contributed by atoms with E-state index in [-0.39, 0.29) is 11.9 Å². The number of hydrogen-bond donors (Lipinski definition) is 2. The number of rotatable bonds is 2. The standard InChI is InChI=1S/C17H24N2O/c1-12-6-2-4-8-14(12)19-17(20)16-11-10-13-7-3-5-9-15(13)18-16/h2,4,6,8,13,15-16,18H,3,5,7,9-11H2,1H3,(H,19,20). The summed E-state index contributed by atoms with van der Waals surface area (Å²) in [7, 11) is 0. The van der Waals surface area contributed by atoms with Gasteiger partial charge in [-0.1, -0.05) is 31.0 Å². The average Bonchev–Trinajstić information content (AvgIpc) is 2.49. The summed E-state index contributed by atoms with van der Waals surface area (Å²) in [5.41, 5.74) is 2.05. The number of anilines is 1. The molecule has 2 N–H and O–H groups in total. The number of fused-ring (bicyclic) bond motifs is 1. The number of hydrogen-bond acceptors (Lipinski definition) is 2. The van der Waals surface area contributed by atoms with E-state index >= 15 is 0 Å². The van der Waals surface area contributed by atoms with Crippen LogP contribution in [-0.2, 0) is 4.79 Å². The topological polar surface area (TPSA) is 41.1 Å². The normalized spacial score (nSPS) is 29.6. The zero-order valence-electron chi connectivity index (χ0n) is 12.2. The minimum atomic E-state index is -0.0195. The third kappa shape index (κ3) is 2.88. The van der Waals surface area contributed by atoms with Crippen molar-refractivity contribution >= 4 is 11.6 Å². The van der Waals surface area contributed by atoms with E-state index < -0.39 is 0 Å². The second kappa shape index (κ2) is 5.96. The fraction of sp³-hybridized carbons (Fsp3) is 0.588. The summed E-state index contributed by atoms with van der Waals surface area (Å²) < 4.78 is 0. The second-order valence-electron chi connectivity index (χ2n) is 6.25. The second-order valence-corrected chi connectivity index (χ2v) is 6.25. The van der Waals surface area contributed by atoms with Crippen molar-refractivity contribution in [2.75, 3.05) is 5.32 Å². The maximum atomic E-state index is 12.4. The number of carbonyl (C=O) groups excluding carboxylic acids is 1. The van der Waals surface area contributed by atoms with Gasteiger partial charge >= 0.3 is 0 Å². The Morgan fingerprint density at radius 3 is 2.80 bits per heavy atom. The van der Waals surface area contributed by atoms with Crippen LogP contribution in [-0.4, -0.2) is 18.0 Å². The molecule has 3 heteroatoms. The molecule has 108 valence electrons. The van der Waals surface area contributed by atoms with E-state index in [2.05, 4.69) is 10.6 Å². The van der Waals surface area contributed by atoms with Crippen LogP contribution in [0.3, 0.4) is 0 Å². The van der Waals surface area contributed by atoms with Gasteiger partial charge in [0.05, 0.1) is 6.04 Å². The van der Waals surface area contributed by atoms with Crippen LogP contribution in [0, 0.1) is 12.8 Å². The lowest BCUT2D eigenvalue weighted by atomic mass is 9.77. The largest absolute Gasteiger partial charge is 0.324 e. The number of para-hydroxylation sites is 1. The van der Waals surface area contributed by atoms with E-state index in [9.17, 15) is 4.79 Å². The minimum absolute atomic E-state index is 0.0195. The summed E-state index contributed by atoms with van der Waals surface area (Å²) in [5.74, 6) is 0.926. The van der Waals surface area contributed by atoms with Crippen molar-refractivity contribution in [1.29, 1.82) is 0 Å². The van der Waals surface area contributed by atoms with Gasteiger partial charge in [-0.15, -0.1) is 0 Å². The van der Waals surface area contributed by atoms with E-state index in [4.69, 9.17) is 0 Å². The van der Waals surface area contributed by atoms with Crippen LogP contribution >= 0.6 is 0 Å². The first kappa shape index (κ1) is 13.6. The lowest BCUT2D eigenvalue weighted by Gasteiger charge is -2.39. The molecule has 0 aromatic heterocycles. The molecule has 1 aliphatic heterocycles. The van der Waals surface area contributed by atoms with Crippen molar-refractivity contribution in [3.8, 4) is 0 Å². The van der Waals surface area contributed by atoms with E-state index in [0.29, 0.717) is 6.04 Å². The molecule has 1 saturated carbocycles. The summed E-state index contributed by atoms with van der Waals surface area (Å²) in [6.07, 6.45) is 7.41. The van der Waals surface area contributed by atoms with Crippen molar-refractivity contribution < 1.29 is 4.79 Å². The molecular weight excluding hydrogens is 248 g/mol. The number of benzene rings is 1. The van der Waals surface area contributed by atoms with Crippen LogP contribution in [0.5, 0.6) is 0 Å². The molecule has 3 nitrogen and oxygen atoms in total. The predicted octanol–water partition coefficient (Wildman–Crippen LogP) is 3.24. The molecular formula is C17H24N2O. The Morgan fingerprint density at radius 1 is 1.15 bits per heavy atom.